The van der Waals surface area contributed by atoms with E-state index in [0.717, 1.165) is 23.2 Å². The zero-order chi connectivity index (χ0) is 20.0. The zero-order valence-corrected chi connectivity index (χ0v) is 17.3. The Morgan fingerprint density at radius 3 is 2.15 bits per heavy atom. The van der Waals surface area contributed by atoms with Gasteiger partial charge in [-0.3, -0.25) is 4.79 Å². The van der Waals surface area contributed by atoms with Crippen molar-refractivity contribution in [2.75, 3.05) is 19.0 Å². The molecule has 0 atom stereocenters. The highest BCUT2D eigenvalue weighted by atomic mass is 16.5. The number of hydrogen-bond acceptors (Lipinski definition) is 3. The third-order valence-electron chi connectivity index (χ3n) is 4.50. The summed E-state index contributed by atoms with van der Waals surface area (Å²) in [5.41, 5.74) is 3.75. The number of amides is 1. The number of nitrogens with one attached hydrogen (secondary N) is 1. The first kappa shape index (κ1) is 20.8. The fourth-order valence-electron chi connectivity index (χ4n) is 3.02. The fraction of sp³-hybridized carbons (Fsp3) is 0.435. The molecule has 4 nitrogen and oxygen atoms in total. The van der Waals surface area contributed by atoms with Crippen molar-refractivity contribution in [1.82, 2.24) is 0 Å². The van der Waals surface area contributed by atoms with Crippen molar-refractivity contribution in [3.05, 3.63) is 53.1 Å². The first-order chi connectivity index (χ1) is 12.9. The molecular weight excluding hydrogens is 338 g/mol. The van der Waals surface area contributed by atoms with Crippen LogP contribution >= 0.6 is 0 Å². The maximum atomic E-state index is 12.9. The Bertz CT molecular complexity index is 755. The Kier molecular flexibility index (Phi) is 7.28. The van der Waals surface area contributed by atoms with Crippen molar-refractivity contribution in [2.24, 2.45) is 0 Å². The van der Waals surface area contributed by atoms with Crippen LogP contribution < -0.4 is 14.8 Å². The molecule has 0 radical (unpaired) electrons. The minimum atomic E-state index is -0.148. The summed E-state index contributed by atoms with van der Waals surface area (Å²) in [6.45, 7) is 11.2. The summed E-state index contributed by atoms with van der Waals surface area (Å²) in [5.74, 6) is 1.71. The molecule has 2 aromatic carbocycles. The topological polar surface area (TPSA) is 47.6 Å². The van der Waals surface area contributed by atoms with Crippen LogP contribution in [0, 0.1) is 0 Å². The minimum absolute atomic E-state index is 0.148. The molecule has 0 fully saturated rings. The number of rotatable bonds is 8. The van der Waals surface area contributed by atoms with Crippen molar-refractivity contribution in [3.63, 3.8) is 0 Å². The van der Waals surface area contributed by atoms with Crippen LogP contribution in [0.1, 0.15) is 74.4 Å². The van der Waals surface area contributed by atoms with Crippen molar-refractivity contribution in [1.29, 1.82) is 0 Å². The second-order valence-electron chi connectivity index (χ2n) is 7.29. The van der Waals surface area contributed by atoms with Crippen LogP contribution in [0.4, 0.5) is 5.69 Å². The van der Waals surface area contributed by atoms with Gasteiger partial charge in [0.25, 0.3) is 5.91 Å². The van der Waals surface area contributed by atoms with Crippen LogP contribution in [-0.4, -0.2) is 19.6 Å². The number of benzene rings is 2. The van der Waals surface area contributed by atoms with E-state index in [1.54, 1.807) is 25.3 Å². The Morgan fingerprint density at radius 2 is 1.63 bits per heavy atom. The first-order valence-corrected chi connectivity index (χ1v) is 9.64. The van der Waals surface area contributed by atoms with E-state index in [-0.39, 0.29) is 5.91 Å². The van der Waals surface area contributed by atoms with Gasteiger partial charge >= 0.3 is 0 Å². The summed E-state index contributed by atoms with van der Waals surface area (Å²) < 4.78 is 11.1. The summed E-state index contributed by atoms with van der Waals surface area (Å²) >= 11 is 0. The van der Waals surface area contributed by atoms with Gasteiger partial charge < -0.3 is 14.8 Å². The molecule has 0 aliphatic rings. The maximum absolute atomic E-state index is 12.9. The van der Waals surface area contributed by atoms with E-state index in [0.29, 0.717) is 35.5 Å². The third-order valence-corrected chi connectivity index (χ3v) is 4.50. The van der Waals surface area contributed by atoms with E-state index in [9.17, 15) is 4.79 Å². The molecule has 0 spiro atoms. The highest BCUT2D eigenvalue weighted by Crippen LogP contribution is 2.33. The molecule has 2 rings (SSSR count). The first-order valence-electron chi connectivity index (χ1n) is 9.64. The van der Waals surface area contributed by atoms with E-state index >= 15 is 0 Å². The monoisotopic (exact) mass is 369 g/mol. The summed E-state index contributed by atoms with van der Waals surface area (Å²) in [6, 6.07) is 11.5. The van der Waals surface area contributed by atoms with Crippen LogP contribution in [0.3, 0.4) is 0 Å². The van der Waals surface area contributed by atoms with Gasteiger partial charge in [-0.1, -0.05) is 52.8 Å². The van der Waals surface area contributed by atoms with Gasteiger partial charge in [0, 0.05) is 11.3 Å². The van der Waals surface area contributed by atoms with E-state index in [2.05, 4.69) is 51.2 Å². The number of ether oxygens (including phenoxy) is 2. The maximum Gasteiger partial charge on any atom is 0.255 e. The summed E-state index contributed by atoms with van der Waals surface area (Å²) in [4.78, 5) is 12.9. The smallest absolute Gasteiger partial charge is 0.255 e. The number of para-hydroxylation sites is 1. The average molecular weight is 370 g/mol. The lowest BCUT2D eigenvalue weighted by Crippen LogP contribution is -2.16. The highest BCUT2D eigenvalue weighted by molar-refractivity contribution is 6.05. The number of anilines is 1. The molecule has 146 valence electrons. The predicted molar refractivity (Wildman–Crippen MR) is 111 cm³/mol. The molecule has 0 unspecified atom stereocenters. The van der Waals surface area contributed by atoms with Gasteiger partial charge in [0.2, 0.25) is 0 Å². The normalized spacial score (nSPS) is 11.0. The van der Waals surface area contributed by atoms with Gasteiger partial charge in [-0.2, -0.15) is 0 Å². The van der Waals surface area contributed by atoms with Gasteiger partial charge in [0.1, 0.15) is 0 Å². The van der Waals surface area contributed by atoms with Crippen molar-refractivity contribution in [2.45, 2.75) is 52.9 Å². The van der Waals surface area contributed by atoms with Gasteiger partial charge in [0.15, 0.2) is 11.5 Å². The molecule has 4 heteroatoms. The van der Waals surface area contributed by atoms with Crippen LogP contribution in [0.5, 0.6) is 11.5 Å². The lowest BCUT2D eigenvalue weighted by molar-refractivity contribution is 0.102. The predicted octanol–water partition coefficient (Wildman–Crippen LogP) is 5.98. The molecule has 1 N–H and O–H groups in total. The van der Waals surface area contributed by atoms with Crippen LogP contribution in [0.25, 0.3) is 0 Å². The summed E-state index contributed by atoms with van der Waals surface area (Å²) in [5, 5.41) is 3.14. The minimum Gasteiger partial charge on any atom is -0.493 e. The lowest BCUT2D eigenvalue weighted by Gasteiger charge is -2.20. The number of carbonyl (C=O) groups excluding carboxylic acids is 1. The van der Waals surface area contributed by atoms with Gasteiger partial charge in [0.05, 0.1) is 13.7 Å². The molecule has 0 saturated heterocycles. The van der Waals surface area contributed by atoms with E-state index in [1.165, 1.54) is 0 Å². The summed E-state index contributed by atoms with van der Waals surface area (Å²) in [6.07, 6.45) is 0.912. The fourth-order valence-corrected chi connectivity index (χ4v) is 3.02. The largest absolute Gasteiger partial charge is 0.493 e. The second-order valence-corrected chi connectivity index (χ2v) is 7.29. The number of carbonyl (C=O) groups is 1. The zero-order valence-electron chi connectivity index (χ0n) is 17.3. The Morgan fingerprint density at radius 1 is 1.00 bits per heavy atom. The lowest BCUT2D eigenvalue weighted by atomic mass is 9.92. The standard InChI is InChI=1S/C23H31NO3/c1-7-13-27-20-12-11-17(14-21(20)26-6)23(25)24-22-18(15(2)3)9-8-10-19(22)16(4)5/h8-12,14-16H,7,13H2,1-6H3,(H,24,25). The molecule has 0 aliphatic heterocycles. The Hall–Kier alpha value is -2.49. The number of methoxy groups -OCH3 is 1. The second kappa shape index (κ2) is 9.45. The Balaban J connectivity index is 2.35. The molecule has 0 aromatic heterocycles. The van der Waals surface area contributed by atoms with E-state index in [1.807, 2.05) is 6.92 Å². The SMILES string of the molecule is CCCOc1ccc(C(=O)Nc2c(C(C)C)cccc2C(C)C)cc1OC. The molecule has 0 bridgehead atoms. The van der Waals surface area contributed by atoms with Crippen LogP contribution in [-0.2, 0) is 0 Å². The van der Waals surface area contributed by atoms with Crippen LogP contribution in [0.15, 0.2) is 36.4 Å². The molecular formula is C23H31NO3. The molecule has 0 heterocycles. The van der Waals surface area contributed by atoms with E-state index < -0.39 is 0 Å². The third kappa shape index (κ3) is 5.03. The van der Waals surface area contributed by atoms with Crippen LogP contribution in [0.2, 0.25) is 0 Å². The summed E-state index contributed by atoms with van der Waals surface area (Å²) in [7, 11) is 1.58. The van der Waals surface area contributed by atoms with Gasteiger partial charge in [-0.25, -0.2) is 0 Å². The molecule has 1 amide bonds. The quantitative estimate of drug-likeness (QED) is 0.622. The van der Waals surface area contributed by atoms with Gasteiger partial charge in [-0.05, 0) is 47.6 Å². The van der Waals surface area contributed by atoms with Crippen molar-refractivity contribution < 1.29 is 14.3 Å². The molecule has 0 aliphatic carbocycles. The van der Waals surface area contributed by atoms with Crippen molar-refractivity contribution in [3.8, 4) is 11.5 Å². The molecule has 2 aromatic rings. The molecule has 27 heavy (non-hydrogen) atoms. The van der Waals surface area contributed by atoms with Gasteiger partial charge in [-0.15, -0.1) is 0 Å². The average Bonchev–Trinajstić information content (AvgIpc) is 2.65. The molecule has 0 saturated carbocycles. The Labute approximate surface area is 162 Å². The van der Waals surface area contributed by atoms with E-state index in [4.69, 9.17) is 9.47 Å². The highest BCUT2D eigenvalue weighted by Gasteiger charge is 2.18. The van der Waals surface area contributed by atoms with Crippen molar-refractivity contribution >= 4 is 11.6 Å². The number of hydrogen-bond donors (Lipinski definition) is 1.